The van der Waals surface area contributed by atoms with Crippen molar-refractivity contribution in [2.75, 3.05) is 20.7 Å². The molecule has 2 unspecified atom stereocenters. The van der Waals surface area contributed by atoms with Gasteiger partial charge in [-0.15, -0.1) is 0 Å². The third-order valence-corrected chi connectivity index (χ3v) is 4.31. The van der Waals surface area contributed by atoms with Gasteiger partial charge < -0.3 is 10.1 Å². The van der Waals surface area contributed by atoms with Crippen molar-refractivity contribution in [1.29, 1.82) is 0 Å². The Hall–Kier alpha value is -1.02. The molecule has 1 aliphatic rings. The molecule has 1 saturated carbocycles. The summed E-state index contributed by atoms with van der Waals surface area (Å²) in [4.78, 5) is 0. The SMILES string of the molecule is CNCC1CCCC1c1cc(C)c(OC)cc1C. The van der Waals surface area contributed by atoms with Gasteiger partial charge in [-0.25, -0.2) is 0 Å². The van der Waals surface area contributed by atoms with Gasteiger partial charge in [-0.3, -0.25) is 0 Å². The lowest BCUT2D eigenvalue weighted by molar-refractivity contribution is 0.410. The van der Waals surface area contributed by atoms with Gasteiger partial charge in [-0.2, -0.15) is 0 Å². The molecule has 0 saturated heterocycles. The van der Waals surface area contributed by atoms with Crippen LogP contribution in [0.4, 0.5) is 0 Å². The lowest BCUT2D eigenvalue weighted by Crippen LogP contribution is -2.21. The predicted octanol–water partition coefficient (Wildman–Crippen LogP) is 3.42. The van der Waals surface area contributed by atoms with E-state index in [9.17, 15) is 0 Å². The highest BCUT2D eigenvalue weighted by Gasteiger charge is 2.29. The van der Waals surface area contributed by atoms with Crippen LogP contribution in [-0.4, -0.2) is 20.7 Å². The second-order valence-electron chi connectivity index (χ2n) is 5.53. The number of rotatable bonds is 4. The number of hydrogen-bond acceptors (Lipinski definition) is 2. The van der Waals surface area contributed by atoms with Crippen LogP contribution in [0.2, 0.25) is 0 Å². The van der Waals surface area contributed by atoms with Crippen LogP contribution in [0.15, 0.2) is 12.1 Å². The van der Waals surface area contributed by atoms with Gasteiger partial charge in [0.05, 0.1) is 7.11 Å². The Kier molecular flexibility index (Phi) is 4.28. The predicted molar refractivity (Wildman–Crippen MR) is 76.5 cm³/mol. The largest absolute Gasteiger partial charge is 0.496 e. The average Bonchev–Trinajstić information content (AvgIpc) is 2.80. The van der Waals surface area contributed by atoms with Crippen molar-refractivity contribution in [1.82, 2.24) is 5.32 Å². The molecule has 1 fully saturated rings. The Morgan fingerprint density at radius 2 is 2.00 bits per heavy atom. The molecule has 2 heteroatoms. The molecule has 0 spiro atoms. The standard InChI is InChI=1S/C16H25NO/c1-11-9-16(18-4)12(2)8-15(11)14-7-5-6-13(14)10-17-3/h8-9,13-14,17H,5-7,10H2,1-4H3. The van der Waals surface area contributed by atoms with Crippen LogP contribution in [0, 0.1) is 19.8 Å². The normalized spacial score (nSPS) is 23.3. The molecule has 2 nitrogen and oxygen atoms in total. The van der Waals surface area contributed by atoms with Gasteiger partial charge in [0.2, 0.25) is 0 Å². The van der Waals surface area contributed by atoms with Crippen molar-refractivity contribution in [3.8, 4) is 5.75 Å². The summed E-state index contributed by atoms with van der Waals surface area (Å²) in [6.45, 7) is 5.49. The first kappa shape index (κ1) is 13.4. The molecule has 2 atom stereocenters. The molecule has 0 amide bonds. The lowest BCUT2D eigenvalue weighted by atomic mass is 9.85. The summed E-state index contributed by atoms with van der Waals surface area (Å²) < 4.78 is 5.41. The summed E-state index contributed by atoms with van der Waals surface area (Å²) >= 11 is 0. The summed E-state index contributed by atoms with van der Waals surface area (Å²) in [6.07, 6.45) is 4.05. The zero-order chi connectivity index (χ0) is 13.1. The van der Waals surface area contributed by atoms with E-state index in [4.69, 9.17) is 4.74 Å². The molecule has 0 bridgehead atoms. The lowest BCUT2D eigenvalue weighted by Gasteiger charge is -2.23. The summed E-state index contributed by atoms with van der Waals surface area (Å²) in [5, 5.41) is 3.34. The Morgan fingerprint density at radius 1 is 1.22 bits per heavy atom. The number of benzene rings is 1. The number of nitrogens with one attached hydrogen (secondary N) is 1. The van der Waals surface area contributed by atoms with Gasteiger partial charge in [0.15, 0.2) is 0 Å². The third-order valence-electron chi connectivity index (χ3n) is 4.31. The van der Waals surface area contributed by atoms with Crippen molar-refractivity contribution < 1.29 is 4.74 Å². The summed E-state index contributed by atoms with van der Waals surface area (Å²) in [7, 11) is 3.81. The maximum atomic E-state index is 5.41. The molecule has 1 aromatic carbocycles. The van der Waals surface area contributed by atoms with Gasteiger partial charge >= 0.3 is 0 Å². The van der Waals surface area contributed by atoms with Crippen LogP contribution in [-0.2, 0) is 0 Å². The van der Waals surface area contributed by atoms with Crippen LogP contribution in [0.25, 0.3) is 0 Å². The minimum absolute atomic E-state index is 0.724. The smallest absolute Gasteiger partial charge is 0.122 e. The quantitative estimate of drug-likeness (QED) is 0.880. The van der Waals surface area contributed by atoms with Gasteiger partial charge in [-0.05, 0) is 74.9 Å². The first-order chi connectivity index (χ1) is 8.67. The molecule has 2 rings (SSSR count). The molecule has 1 aliphatic carbocycles. The van der Waals surface area contributed by atoms with E-state index in [1.807, 2.05) is 0 Å². The number of methoxy groups -OCH3 is 1. The minimum Gasteiger partial charge on any atom is -0.496 e. The van der Waals surface area contributed by atoms with E-state index in [1.165, 1.54) is 36.0 Å². The highest BCUT2D eigenvalue weighted by atomic mass is 16.5. The van der Waals surface area contributed by atoms with Crippen LogP contribution in [0.3, 0.4) is 0 Å². The molecule has 1 N–H and O–H groups in total. The van der Waals surface area contributed by atoms with E-state index in [-0.39, 0.29) is 0 Å². The van der Waals surface area contributed by atoms with Crippen molar-refractivity contribution in [2.24, 2.45) is 5.92 Å². The van der Waals surface area contributed by atoms with Crippen molar-refractivity contribution >= 4 is 0 Å². The van der Waals surface area contributed by atoms with E-state index < -0.39 is 0 Å². The van der Waals surface area contributed by atoms with Gasteiger partial charge in [0.1, 0.15) is 5.75 Å². The van der Waals surface area contributed by atoms with Gasteiger partial charge in [0, 0.05) is 0 Å². The maximum Gasteiger partial charge on any atom is 0.122 e. The Bertz CT molecular complexity index is 414. The number of aryl methyl sites for hydroxylation is 2. The first-order valence-electron chi connectivity index (χ1n) is 6.97. The average molecular weight is 247 g/mol. The van der Waals surface area contributed by atoms with E-state index in [0.29, 0.717) is 0 Å². The molecular formula is C16H25NO. The summed E-state index contributed by atoms with van der Waals surface area (Å²) in [5.41, 5.74) is 4.17. The highest BCUT2D eigenvalue weighted by molar-refractivity contribution is 5.43. The fourth-order valence-corrected chi connectivity index (χ4v) is 3.38. The molecule has 0 aliphatic heterocycles. The molecule has 18 heavy (non-hydrogen) atoms. The summed E-state index contributed by atoms with van der Waals surface area (Å²) in [5.74, 6) is 2.53. The Labute approximate surface area is 111 Å². The first-order valence-corrected chi connectivity index (χ1v) is 6.97. The molecular weight excluding hydrogens is 222 g/mol. The highest BCUT2D eigenvalue weighted by Crippen LogP contribution is 2.41. The molecule has 0 aromatic heterocycles. The van der Waals surface area contributed by atoms with E-state index >= 15 is 0 Å². The van der Waals surface area contributed by atoms with Crippen molar-refractivity contribution in [2.45, 2.75) is 39.0 Å². The van der Waals surface area contributed by atoms with Gasteiger partial charge in [0.25, 0.3) is 0 Å². The van der Waals surface area contributed by atoms with Crippen molar-refractivity contribution in [3.05, 3.63) is 28.8 Å². The molecule has 0 heterocycles. The molecule has 100 valence electrons. The van der Waals surface area contributed by atoms with Crippen LogP contribution in [0.5, 0.6) is 5.75 Å². The summed E-state index contributed by atoms with van der Waals surface area (Å²) in [6, 6.07) is 4.53. The van der Waals surface area contributed by atoms with E-state index in [0.717, 1.165) is 24.1 Å². The number of hydrogen-bond donors (Lipinski definition) is 1. The van der Waals surface area contributed by atoms with E-state index in [1.54, 1.807) is 7.11 Å². The van der Waals surface area contributed by atoms with Crippen LogP contribution < -0.4 is 10.1 Å². The zero-order valence-electron chi connectivity index (χ0n) is 12.0. The zero-order valence-corrected chi connectivity index (χ0v) is 12.0. The van der Waals surface area contributed by atoms with Crippen LogP contribution >= 0.6 is 0 Å². The second kappa shape index (κ2) is 5.75. The van der Waals surface area contributed by atoms with Crippen LogP contribution in [0.1, 0.15) is 41.9 Å². The topological polar surface area (TPSA) is 21.3 Å². The van der Waals surface area contributed by atoms with E-state index in [2.05, 4.69) is 38.3 Å². The second-order valence-corrected chi connectivity index (χ2v) is 5.53. The van der Waals surface area contributed by atoms with Gasteiger partial charge in [-0.1, -0.05) is 12.5 Å². The fourth-order valence-electron chi connectivity index (χ4n) is 3.38. The fraction of sp³-hybridized carbons (Fsp3) is 0.625. The van der Waals surface area contributed by atoms with Crippen molar-refractivity contribution in [3.63, 3.8) is 0 Å². The maximum absolute atomic E-state index is 5.41. The molecule has 1 aromatic rings. The molecule has 0 radical (unpaired) electrons. The number of ether oxygens (including phenoxy) is 1. The Balaban J connectivity index is 2.30. The third kappa shape index (κ3) is 2.54. The minimum atomic E-state index is 0.724. The monoisotopic (exact) mass is 247 g/mol. The Morgan fingerprint density at radius 3 is 2.67 bits per heavy atom.